The van der Waals surface area contributed by atoms with Crippen LogP contribution in [0.2, 0.25) is 0 Å². The van der Waals surface area contributed by atoms with Crippen molar-refractivity contribution in [2.24, 2.45) is 11.1 Å². The molecule has 1 fully saturated rings. The minimum absolute atomic E-state index is 0.130. The molecule has 3 aromatic rings. The molecule has 7 heteroatoms. The summed E-state index contributed by atoms with van der Waals surface area (Å²) in [4.78, 5) is 33.4. The van der Waals surface area contributed by atoms with Crippen LogP contribution < -0.4 is 5.56 Å². The van der Waals surface area contributed by atoms with Crippen LogP contribution in [0.25, 0.3) is 22.4 Å². The highest BCUT2D eigenvalue weighted by atomic mass is 16.6. The second-order valence-corrected chi connectivity index (χ2v) is 7.79. The molecule has 1 unspecified atom stereocenters. The summed E-state index contributed by atoms with van der Waals surface area (Å²) < 4.78 is 0. The maximum atomic E-state index is 13.6. The third-order valence-corrected chi connectivity index (χ3v) is 5.88. The molecular weight excluding hydrogens is 392 g/mol. The van der Waals surface area contributed by atoms with Crippen molar-refractivity contribution in [3.8, 4) is 22.4 Å². The molecule has 0 spiro atoms. The van der Waals surface area contributed by atoms with Gasteiger partial charge >= 0.3 is 0 Å². The number of benzene rings is 2. The number of aromatic nitrogens is 2. The first-order chi connectivity index (χ1) is 15.2. The predicted molar refractivity (Wildman–Crippen MR) is 118 cm³/mol. The van der Waals surface area contributed by atoms with Crippen LogP contribution in [0.15, 0.2) is 70.6 Å². The number of H-pyrrole nitrogens is 1. The normalized spacial score (nSPS) is 18.0. The zero-order valence-electron chi connectivity index (χ0n) is 17.0. The first-order valence-electron chi connectivity index (χ1n) is 10.4. The van der Waals surface area contributed by atoms with Gasteiger partial charge in [-0.2, -0.15) is 5.10 Å². The highest BCUT2D eigenvalue weighted by molar-refractivity contribution is 6.04. The fourth-order valence-corrected chi connectivity index (χ4v) is 4.32. The lowest BCUT2D eigenvalue weighted by Crippen LogP contribution is -2.35. The molecular formula is C24H22N4O3. The summed E-state index contributed by atoms with van der Waals surface area (Å²) in [6, 6.07) is 19.1. The monoisotopic (exact) mass is 414 g/mol. The second-order valence-electron chi connectivity index (χ2n) is 7.79. The van der Waals surface area contributed by atoms with E-state index in [1.165, 1.54) is 0 Å². The van der Waals surface area contributed by atoms with Gasteiger partial charge in [-0.3, -0.25) is 9.59 Å². The Morgan fingerprint density at radius 1 is 1.03 bits per heavy atom. The van der Waals surface area contributed by atoms with Crippen molar-refractivity contribution in [3.05, 3.63) is 76.6 Å². The van der Waals surface area contributed by atoms with Crippen LogP contribution in [0.1, 0.15) is 23.2 Å². The number of nitrogens with zero attached hydrogens (tertiary/aromatic N) is 3. The summed E-state index contributed by atoms with van der Waals surface area (Å²) in [6.45, 7) is 1.72. The van der Waals surface area contributed by atoms with Gasteiger partial charge in [-0.15, -0.1) is 0 Å². The van der Waals surface area contributed by atoms with E-state index in [0.29, 0.717) is 31.0 Å². The number of carbonyl (C=O) groups is 1. The number of nitrogens with one attached hydrogen (secondary N) is 1. The molecule has 1 amide bonds. The van der Waals surface area contributed by atoms with E-state index < -0.39 is 5.56 Å². The number of rotatable bonds is 4. The molecule has 156 valence electrons. The molecule has 1 atom stereocenters. The topological polar surface area (TPSA) is 87.7 Å². The fourth-order valence-electron chi connectivity index (χ4n) is 4.32. The largest absolute Gasteiger partial charge is 0.395 e. The van der Waals surface area contributed by atoms with Crippen molar-refractivity contribution in [2.45, 2.75) is 12.8 Å². The summed E-state index contributed by atoms with van der Waals surface area (Å²) in [7, 11) is 0. The van der Waals surface area contributed by atoms with Crippen LogP contribution in [0.5, 0.6) is 0 Å². The maximum absolute atomic E-state index is 13.6. The average molecular weight is 414 g/mol. The molecule has 0 bridgehead atoms. The van der Waals surface area contributed by atoms with E-state index >= 15 is 0 Å². The molecule has 2 aliphatic heterocycles. The Hall–Kier alpha value is -3.74. The quantitative estimate of drug-likeness (QED) is 0.709. The molecule has 1 aromatic heterocycles. The van der Waals surface area contributed by atoms with E-state index in [1.54, 1.807) is 4.90 Å². The molecule has 5 rings (SSSR count). The zero-order valence-corrected chi connectivity index (χ0v) is 17.0. The maximum Gasteiger partial charge on any atom is 0.277 e. The molecule has 0 radical (unpaired) electrons. The lowest BCUT2D eigenvalue weighted by molar-refractivity contribution is 0.0789. The molecule has 1 N–H and O–H groups in total. The molecule has 0 saturated carbocycles. The van der Waals surface area contributed by atoms with Gasteiger partial charge in [-0.05, 0) is 12.0 Å². The molecule has 2 aromatic carbocycles. The Morgan fingerprint density at radius 2 is 1.74 bits per heavy atom. The molecule has 1 saturated heterocycles. The van der Waals surface area contributed by atoms with Gasteiger partial charge in [0.05, 0.1) is 11.4 Å². The standard InChI is InChI=1S/C24H22N4O3/c29-23-21(24(30)28-13-11-18(15-28)19-12-14-31-27-19)20(16-7-3-1-4-8-16)22(25-26-23)17-9-5-2-6-10-17/h1-10,18H,11-15H2,(H,26,29). The van der Waals surface area contributed by atoms with E-state index in [0.717, 1.165) is 29.7 Å². The average Bonchev–Trinajstić information content (AvgIpc) is 3.52. The van der Waals surface area contributed by atoms with Gasteiger partial charge in [0, 0.05) is 36.6 Å². The van der Waals surface area contributed by atoms with Gasteiger partial charge in [-0.25, -0.2) is 5.10 Å². The van der Waals surface area contributed by atoms with Gasteiger partial charge in [0.15, 0.2) is 0 Å². The Labute approximate surface area is 179 Å². The fraction of sp³-hybridized carbons (Fsp3) is 0.250. The van der Waals surface area contributed by atoms with Gasteiger partial charge in [0.2, 0.25) is 0 Å². The van der Waals surface area contributed by atoms with E-state index in [1.807, 2.05) is 60.7 Å². The SMILES string of the molecule is O=C(c1c(-c2ccccc2)c(-c2ccccc2)n[nH]c1=O)N1CCC(C2=NOCC2)C1. The number of aromatic amines is 1. The van der Waals surface area contributed by atoms with E-state index in [9.17, 15) is 9.59 Å². The molecule has 3 heterocycles. The van der Waals surface area contributed by atoms with E-state index in [4.69, 9.17) is 4.84 Å². The van der Waals surface area contributed by atoms with Crippen LogP contribution in [0.3, 0.4) is 0 Å². The first-order valence-corrected chi connectivity index (χ1v) is 10.4. The highest BCUT2D eigenvalue weighted by Gasteiger charge is 2.34. The Morgan fingerprint density at radius 3 is 2.42 bits per heavy atom. The van der Waals surface area contributed by atoms with Gasteiger partial charge in [0.1, 0.15) is 12.2 Å². The van der Waals surface area contributed by atoms with Gasteiger partial charge in [0.25, 0.3) is 11.5 Å². The van der Waals surface area contributed by atoms with Gasteiger partial charge < -0.3 is 9.74 Å². The van der Waals surface area contributed by atoms with Gasteiger partial charge in [-0.1, -0.05) is 65.8 Å². The molecule has 0 aliphatic carbocycles. The number of oxime groups is 1. The molecule has 2 aliphatic rings. The van der Waals surface area contributed by atoms with E-state index in [2.05, 4.69) is 15.4 Å². The number of carbonyl (C=O) groups excluding carboxylic acids is 1. The van der Waals surface area contributed by atoms with Crippen LogP contribution in [0, 0.1) is 5.92 Å². The lowest BCUT2D eigenvalue weighted by atomic mass is 9.95. The number of hydrogen-bond acceptors (Lipinski definition) is 5. The summed E-state index contributed by atoms with van der Waals surface area (Å²) in [6.07, 6.45) is 1.62. The summed E-state index contributed by atoms with van der Waals surface area (Å²) in [5.41, 5.74) is 3.42. The minimum Gasteiger partial charge on any atom is -0.395 e. The molecule has 31 heavy (non-hydrogen) atoms. The Bertz CT molecular complexity index is 1190. The third kappa shape index (κ3) is 3.63. The van der Waals surface area contributed by atoms with Crippen LogP contribution in [-0.4, -0.2) is 46.4 Å². The Kier molecular flexibility index (Phi) is 5.08. The zero-order chi connectivity index (χ0) is 21.2. The second kappa shape index (κ2) is 8.18. The van der Waals surface area contributed by atoms with Crippen molar-refractivity contribution in [2.75, 3.05) is 19.7 Å². The van der Waals surface area contributed by atoms with Crippen molar-refractivity contribution in [1.29, 1.82) is 0 Å². The van der Waals surface area contributed by atoms with Crippen molar-refractivity contribution in [1.82, 2.24) is 15.1 Å². The highest BCUT2D eigenvalue weighted by Crippen LogP contribution is 2.33. The Balaban J connectivity index is 1.60. The lowest BCUT2D eigenvalue weighted by Gasteiger charge is -2.19. The number of amides is 1. The minimum atomic E-state index is -0.478. The summed E-state index contributed by atoms with van der Waals surface area (Å²) in [5, 5.41) is 11.0. The third-order valence-electron chi connectivity index (χ3n) is 5.88. The molecule has 7 nitrogen and oxygen atoms in total. The van der Waals surface area contributed by atoms with Crippen LogP contribution in [-0.2, 0) is 4.84 Å². The van der Waals surface area contributed by atoms with Crippen molar-refractivity contribution in [3.63, 3.8) is 0 Å². The van der Waals surface area contributed by atoms with Crippen molar-refractivity contribution < 1.29 is 9.63 Å². The van der Waals surface area contributed by atoms with Crippen LogP contribution in [0.4, 0.5) is 0 Å². The first kappa shape index (κ1) is 19.2. The smallest absolute Gasteiger partial charge is 0.277 e. The summed E-state index contributed by atoms with van der Waals surface area (Å²) >= 11 is 0. The predicted octanol–water partition coefficient (Wildman–Crippen LogP) is 3.34. The summed E-state index contributed by atoms with van der Waals surface area (Å²) in [5.74, 6) is -0.0946. The van der Waals surface area contributed by atoms with Crippen molar-refractivity contribution >= 4 is 11.6 Å². The van der Waals surface area contributed by atoms with E-state index in [-0.39, 0.29) is 17.4 Å². The number of hydrogen-bond donors (Lipinski definition) is 1. The number of likely N-dealkylation sites (tertiary alicyclic amines) is 1. The van der Waals surface area contributed by atoms with Crippen LogP contribution >= 0.6 is 0 Å².